The van der Waals surface area contributed by atoms with Gasteiger partial charge in [-0.25, -0.2) is 0 Å². The second-order valence-electron chi connectivity index (χ2n) is 9.58. The Morgan fingerprint density at radius 2 is 1.50 bits per heavy atom. The first-order chi connectivity index (χ1) is 10.3. The molecule has 1 aromatic rings. The third-order valence-electron chi connectivity index (χ3n) is 3.81. The van der Waals surface area contributed by atoms with Crippen molar-refractivity contribution < 1.29 is 38.3 Å². The van der Waals surface area contributed by atoms with Crippen molar-refractivity contribution in [1.29, 1.82) is 0 Å². The van der Waals surface area contributed by atoms with E-state index in [-0.39, 0.29) is 29.4 Å². The Labute approximate surface area is 166 Å². The Bertz CT molecular complexity index is 484. The maximum Gasteiger partial charge on any atom is 0.137 e. The van der Waals surface area contributed by atoms with Gasteiger partial charge in [-0.2, -0.15) is 0 Å². The van der Waals surface area contributed by atoms with Crippen LogP contribution in [0, 0.1) is 5.41 Å². The molecule has 1 N–H and O–H groups in total. The molecular weight excluding hydrogens is 413 g/mol. The highest BCUT2D eigenvalue weighted by molar-refractivity contribution is 5.31. The van der Waals surface area contributed by atoms with E-state index < -0.39 is 6.10 Å². The van der Waals surface area contributed by atoms with Crippen molar-refractivity contribution >= 4 is 0 Å². The normalized spacial score (nSPS) is 14.0. The number of likely N-dealkylation sites (N-methyl/N-ethyl adjacent to an activating group) is 1. The van der Waals surface area contributed by atoms with Crippen LogP contribution in [-0.2, 0) is 5.41 Å². The molecule has 0 spiro atoms. The second-order valence-corrected chi connectivity index (χ2v) is 9.58. The summed E-state index contributed by atoms with van der Waals surface area (Å²) in [6.45, 7) is 12.4. The smallest absolute Gasteiger partial charge is 0.137 e. The zero-order valence-corrected chi connectivity index (χ0v) is 18.8. The number of rotatable bonds is 7. The molecule has 0 heterocycles. The summed E-state index contributed by atoms with van der Waals surface area (Å²) in [5.41, 5.74) is 1.76. The van der Waals surface area contributed by atoms with Gasteiger partial charge < -0.3 is 38.3 Å². The van der Waals surface area contributed by atoms with Crippen molar-refractivity contribution in [2.24, 2.45) is 5.41 Å². The Morgan fingerprint density at radius 3 is 1.92 bits per heavy atom. The highest BCUT2D eigenvalue weighted by Gasteiger charge is 2.27. The maximum absolute atomic E-state index is 10.0. The van der Waals surface area contributed by atoms with Crippen LogP contribution in [0.4, 0.5) is 0 Å². The van der Waals surface area contributed by atoms with Gasteiger partial charge in [0.2, 0.25) is 0 Å². The number of ether oxygens (including phenoxy) is 1. The summed E-state index contributed by atoms with van der Waals surface area (Å²) >= 11 is 0. The van der Waals surface area contributed by atoms with Crippen LogP contribution in [0.1, 0.15) is 46.6 Å². The van der Waals surface area contributed by atoms with Crippen molar-refractivity contribution in [3.05, 3.63) is 29.8 Å². The molecule has 0 amide bonds. The van der Waals surface area contributed by atoms with E-state index in [9.17, 15) is 5.11 Å². The predicted molar refractivity (Wildman–Crippen MR) is 97.9 cm³/mol. The SMILES string of the molecule is CC(C)(C)CC(C)(C)c1ccc(OCC(O)C[N+](C)(C)C)cc1.[I-]. The third-order valence-corrected chi connectivity index (χ3v) is 3.81. The van der Waals surface area contributed by atoms with Gasteiger partial charge in [0.15, 0.2) is 0 Å². The van der Waals surface area contributed by atoms with Crippen LogP contribution in [0.15, 0.2) is 24.3 Å². The lowest BCUT2D eigenvalue weighted by molar-refractivity contribution is -0.873. The fourth-order valence-electron chi connectivity index (χ4n) is 3.31. The average molecular weight is 449 g/mol. The average Bonchev–Trinajstić information content (AvgIpc) is 2.32. The second kappa shape index (κ2) is 8.86. The molecule has 0 saturated heterocycles. The van der Waals surface area contributed by atoms with Crippen molar-refractivity contribution in [2.75, 3.05) is 34.3 Å². The van der Waals surface area contributed by atoms with Gasteiger partial charge in [0, 0.05) is 0 Å². The quantitative estimate of drug-likeness (QED) is 0.494. The molecule has 1 aromatic carbocycles. The predicted octanol–water partition coefficient (Wildman–Crippen LogP) is 0.850. The minimum absolute atomic E-state index is 0. The zero-order valence-electron chi connectivity index (χ0n) is 16.7. The molecule has 24 heavy (non-hydrogen) atoms. The molecule has 0 fully saturated rings. The van der Waals surface area contributed by atoms with Crippen LogP contribution in [0.25, 0.3) is 0 Å². The number of halogens is 1. The monoisotopic (exact) mass is 449 g/mol. The maximum atomic E-state index is 10.0. The Morgan fingerprint density at radius 1 is 1.00 bits per heavy atom. The lowest BCUT2D eigenvalue weighted by Crippen LogP contribution is -3.00. The van der Waals surface area contributed by atoms with Crippen LogP contribution in [0.3, 0.4) is 0 Å². The van der Waals surface area contributed by atoms with Crippen LogP contribution in [-0.4, -0.2) is 50.0 Å². The van der Waals surface area contributed by atoms with Crippen molar-refractivity contribution in [3.8, 4) is 5.75 Å². The molecule has 1 rings (SSSR count). The first kappa shape index (κ1) is 23.7. The van der Waals surface area contributed by atoms with Gasteiger partial charge >= 0.3 is 0 Å². The van der Waals surface area contributed by atoms with Crippen LogP contribution < -0.4 is 28.7 Å². The van der Waals surface area contributed by atoms with E-state index in [2.05, 4.69) is 67.9 Å². The van der Waals surface area contributed by atoms with E-state index in [0.717, 1.165) is 16.7 Å². The standard InChI is InChI=1S/C20H36NO2.HI/c1-19(2,3)15-20(4,5)16-9-11-18(12-10-16)23-14-17(22)13-21(6,7)8;/h9-12,17,22H,13-15H2,1-8H3;1H/q+1;/p-1. The number of quaternary nitrogens is 1. The van der Waals surface area contributed by atoms with E-state index in [0.29, 0.717) is 18.6 Å². The summed E-state index contributed by atoms with van der Waals surface area (Å²) < 4.78 is 6.45. The summed E-state index contributed by atoms with van der Waals surface area (Å²) in [7, 11) is 6.19. The number of hydrogen-bond acceptors (Lipinski definition) is 2. The highest BCUT2D eigenvalue weighted by atomic mass is 127. The van der Waals surface area contributed by atoms with E-state index in [1.165, 1.54) is 5.56 Å². The number of aliphatic hydroxyl groups excluding tert-OH is 1. The molecule has 0 aliphatic carbocycles. The minimum atomic E-state index is -0.452. The first-order valence-corrected chi connectivity index (χ1v) is 8.50. The van der Waals surface area contributed by atoms with Gasteiger partial charge in [0.1, 0.15) is 25.0 Å². The van der Waals surface area contributed by atoms with Crippen LogP contribution in [0.5, 0.6) is 5.75 Å². The molecular formula is C20H36INO2. The largest absolute Gasteiger partial charge is 1.00 e. The van der Waals surface area contributed by atoms with Crippen LogP contribution in [0.2, 0.25) is 0 Å². The van der Waals surface area contributed by atoms with Gasteiger partial charge in [0.05, 0.1) is 21.1 Å². The lowest BCUT2D eigenvalue weighted by Gasteiger charge is -2.33. The summed E-state index contributed by atoms with van der Waals surface area (Å²) in [5, 5.41) is 10.0. The third kappa shape index (κ3) is 9.23. The lowest BCUT2D eigenvalue weighted by atomic mass is 9.72. The molecule has 1 atom stereocenters. The Hall–Kier alpha value is -0.330. The molecule has 1 unspecified atom stereocenters. The molecule has 0 saturated carbocycles. The highest BCUT2D eigenvalue weighted by Crippen LogP contribution is 2.36. The molecule has 140 valence electrons. The van der Waals surface area contributed by atoms with Gasteiger partial charge in [0.25, 0.3) is 0 Å². The Kier molecular flexibility index (Phi) is 8.73. The summed E-state index contributed by atoms with van der Waals surface area (Å²) in [6.07, 6.45) is 0.676. The van der Waals surface area contributed by atoms with Gasteiger partial charge in [-0.05, 0) is 34.9 Å². The number of benzene rings is 1. The topological polar surface area (TPSA) is 29.5 Å². The Balaban J connectivity index is 0.00000529. The van der Waals surface area contributed by atoms with E-state index in [4.69, 9.17) is 4.74 Å². The molecule has 3 nitrogen and oxygen atoms in total. The van der Waals surface area contributed by atoms with E-state index >= 15 is 0 Å². The molecule has 0 bridgehead atoms. The fraction of sp³-hybridized carbons (Fsp3) is 0.700. The molecule has 0 aliphatic heterocycles. The van der Waals surface area contributed by atoms with Crippen molar-refractivity contribution in [3.63, 3.8) is 0 Å². The number of nitrogens with zero attached hydrogens (tertiary/aromatic N) is 1. The summed E-state index contributed by atoms with van der Waals surface area (Å²) in [5.74, 6) is 0.820. The van der Waals surface area contributed by atoms with Crippen molar-refractivity contribution in [2.45, 2.75) is 52.6 Å². The zero-order chi connectivity index (χ0) is 17.9. The molecule has 0 aromatic heterocycles. The first-order valence-electron chi connectivity index (χ1n) is 8.50. The van der Waals surface area contributed by atoms with Gasteiger partial charge in [-0.1, -0.05) is 46.8 Å². The van der Waals surface area contributed by atoms with Gasteiger partial charge in [-0.3, -0.25) is 0 Å². The van der Waals surface area contributed by atoms with E-state index in [1.807, 2.05) is 12.1 Å². The molecule has 4 heteroatoms. The molecule has 0 radical (unpaired) electrons. The van der Waals surface area contributed by atoms with Crippen molar-refractivity contribution in [1.82, 2.24) is 0 Å². The summed E-state index contributed by atoms with van der Waals surface area (Å²) in [4.78, 5) is 0. The summed E-state index contributed by atoms with van der Waals surface area (Å²) in [6, 6.07) is 8.32. The fourth-order valence-corrected chi connectivity index (χ4v) is 3.31. The number of hydrogen-bond donors (Lipinski definition) is 1. The minimum Gasteiger partial charge on any atom is -1.00 e. The van der Waals surface area contributed by atoms with Gasteiger partial charge in [-0.15, -0.1) is 0 Å². The molecule has 0 aliphatic rings. The van der Waals surface area contributed by atoms with E-state index in [1.54, 1.807) is 0 Å². The van der Waals surface area contributed by atoms with Crippen LogP contribution >= 0.6 is 0 Å². The number of aliphatic hydroxyl groups is 1.